The summed E-state index contributed by atoms with van der Waals surface area (Å²) in [5.41, 5.74) is 1.42. The first kappa shape index (κ1) is 28.3. The van der Waals surface area contributed by atoms with Crippen molar-refractivity contribution in [2.24, 2.45) is 5.10 Å². The third kappa shape index (κ3) is 5.39. The second-order valence-electron chi connectivity index (χ2n) is 9.49. The van der Waals surface area contributed by atoms with Crippen LogP contribution in [0, 0.1) is 21.4 Å². The summed E-state index contributed by atoms with van der Waals surface area (Å²) in [6.07, 6.45) is 1.30. The molecule has 11 nitrogen and oxygen atoms in total. The first-order chi connectivity index (χ1) is 21.4. The first-order valence-electron chi connectivity index (χ1n) is 13.1. The molecule has 0 aliphatic carbocycles. The second kappa shape index (κ2) is 11.8. The molecule has 0 fully saturated rings. The van der Waals surface area contributed by atoms with Gasteiger partial charge in [0.25, 0.3) is 5.56 Å². The zero-order valence-corrected chi connectivity index (χ0v) is 24.5. The Morgan fingerprint density at radius 3 is 2.70 bits per heavy atom. The molecular weight excluding hydrogens is 630 g/mol. The summed E-state index contributed by atoms with van der Waals surface area (Å²) in [5, 5.41) is 27.0. The SMILES string of the molecule is COc1cc(C=Nn2c(-c3cc4cc(Br)ccc4o3)nc3ccccc3c2=O)cc([N+](=O)[O-])c1OCc1ccccc1C#N. The summed E-state index contributed by atoms with van der Waals surface area (Å²) in [6, 6.07) is 25.7. The number of nitro groups is 1. The van der Waals surface area contributed by atoms with Gasteiger partial charge in [-0.2, -0.15) is 15.0 Å². The number of nitriles is 1. The van der Waals surface area contributed by atoms with Crippen LogP contribution in [0.4, 0.5) is 5.69 Å². The fraction of sp³-hybridized carbons (Fsp3) is 0.0625. The van der Waals surface area contributed by atoms with Crippen LogP contribution in [-0.4, -0.2) is 27.9 Å². The lowest BCUT2D eigenvalue weighted by Crippen LogP contribution is -2.20. The first-order valence-corrected chi connectivity index (χ1v) is 13.9. The Bertz CT molecular complexity index is 2220. The van der Waals surface area contributed by atoms with E-state index in [1.165, 1.54) is 25.5 Å². The summed E-state index contributed by atoms with van der Waals surface area (Å²) in [4.78, 5) is 29.8. The molecule has 0 aliphatic rings. The minimum absolute atomic E-state index is 0.0714. The molecule has 0 unspecified atom stereocenters. The van der Waals surface area contributed by atoms with E-state index < -0.39 is 10.5 Å². The lowest BCUT2D eigenvalue weighted by Gasteiger charge is -2.13. The zero-order chi connectivity index (χ0) is 30.8. The molecule has 2 heterocycles. The molecule has 0 atom stereocenters. The number of rotatable bonds is 8. The van der Waals surface area contributed by atoms with E-state index in [1.54, 1.807) is 60.7 Å². The maximum absolute atomic E-state index is 13.6. The Hall–Kier alpha value is -5.80. The van der Waals surface area contributed by atoms with Gasteiger partial charge in [0.2, 0.25) is 11.6 Å². The summed E-state index contributed by atoms with van der Waals surface area (Å²) >= 11 is 3.45. The van der Waals surface area contributed by atoms with Gasteiger partial charge in [0.05, 0.1) is 40.8 Å². The molecule has 6 rings (SSSR count). The quantitative estimate of drug-likeness (QED) is 0.0991. The van der Waals surface area contributed by atoms with Gasteiger partial charge in [0, 0.05) is 27.1 Å². The third-order valence-corrected chi connectivity index (χ3v) is 7.25. The fourth-order valence-corrected chi connectivity index (χ4v) is 5.04. The molecule has 0 N–H and O–H groups in total. The monoisotopic (exact) mass is 649 g/mol. The molecule has 0 amide bonds. The van der Waals surface area contributed by atoms with Gasteiger partial charge in [-0.3, -0.25) is 14.9 Å². The van der Waals surface area contributed by atoms with E-state index >= 15 is 0 Å². The van der Waals surface area contributed by atoms with E-state index in [-0.39, 0.29) is 35.2 Å². The Balaban J connectivity index is 1.44. The van der Waals surface area contributed by atoms with Crippen molar-refractivity contribution < 1.29 is 18.8 Å². The molecule has 12 heteroatoms. The molecule has 0 saturated carbocycles. The number of nitro benzene ring substituents is 1. The zero-order valence-electron chi connectivity index (χ0n) is 22.9. The van der Waals surface area contributed by atoms with Crippen molar-refractivity contribution in [2.45, 2.75) is 6.61 Å². The number of hydrogen-bond acceptors (Lipinski definition) is 9. The number of methoxy groups -OCH3 is 1. The van der Waals surface area contributed by atoms with Crippen LogP contribution in [-0.2, 0) is 6.61 Å². The van der Waals surface area contributed by atoms with Crippen LogP contribution in [0.2, 0.25) is 0 Å². The highest BCUT2D eigenvalue weighted by Crippen LogP contribution is 2.39. The van der Waals surface area contributed by atoms with Crippen LogP contribution in [0.5, 0.6) is 11.5 Å². The molecule has 6 aromatic rings. The topological polar surface area (TPSA) is 146 Å². The second-order valence-corrected chi connectivity index (χ2v) is 10.4. The Kier molecular flexibility index (Phi) is 7.61. The predicted octanol–water partition coefficient (Wildman–Crippen LogP) is 6.82. The van der Waals surface area contributed by atoms with Crippen LogP contribution in [0.25, 0.3) is 33.5 Å². The van der Waals surface area contributed by atoms with Crippen molar-refractivity contribution >= 4 is 49.7 Å². The number of benzene rings is 4. The maximum Gasteiger partial charge on any atom is 0.315 e. The number of furan rings is 1. The van der Waals surface area contributed by atoms with Crippen LogP contribution < -0.4 is 15.0 Å². The largest absolute Gasteiger partial charge is 0.493 e. The average Bonchev–Trinajstić information content (AvgIpc) is 3.46. The van der Waals surface area contributed by atoms with Crippen LogP contribution >= 0.6 is 15.9 Å². The van der Waals surface area contributed by atoms with Crippen molar-refractivity contribution in [1.29, 1.82) is 5.26 Å². The number of fused-ring (bicyclic) bond motifs is 2. The maximum atomic E-state index is 13.6. The van der Waals surface area contributed by atoms with Crippen LogP contribution in [0.15, 0.2) is 104 Å². The van der Waals surface area contributed by atoms with Crippen molar-refractivity contribution in [1.82, 2.24) is 9.66 Å². The summed E-state index contributed by atoms with van der Waals surface area (Å²) in [6.45, 7) is -0.0933. The number of nitrogens with zero attached hydrogens (tertiary/aromatic N) is 5. The van der Waals surface area contributed by atoms with Gasteiger partial charge in [0.1, 0.15) is 12.2 Å². The van der Waals surface area contributed by atoms with Gasteiger partial charge < -0.3 is 13.9 Å². The van der Waals surface area contributed by atoms with E-state index in [0.29, 0.717) is 33.4 Å². The number of para-hydroxylation sites is 1. The number of halogens is 1. The molecule has 0 saturated heterocycles. The Morgan fingerprint density at radius 2 is 1.91 bits per heavy atom. The molecule has 44 heavy (non-hydrogen) atoms. The minimum Gasteiger partial charge on any atom is -0.493 e. The summed E-state index contributed by atoms with van der Waals surface area (Å²) in [7, 11) is 1.35. The molecule has 0 bridgehead atoms. The van der Waals surface area contributed by atoms with Gasteiger partial charge in [-0.25, -0.2) is 4.98 Å². The van der Waals surface area contributed by atoms with Gasteiger partial charge >= 0.3 is 5.69 Å². The average molecular weight is 650 g/mol. The van der Waals surface area contributed by atoms with E-state index in [9.17, 15) is 20.2 Å². The molecule has 0 spiro atoms. The van der Waals surface area contributed by atoms with Gasteiger partial charge in [-0.05, 0) is 48.5 Å². The smallest absolute Gasteiger partial charge is 0.315 e. The number of hydrogen-bond donors (Lipinski definition) is 0. The normalized spacial score (nSPS) is 11.2. The van der Waals surface area contributed by atoms with Crippen molar-refractivity contribution in [3.63, 3.8) is 0 Å². The molecule has 0 radical (unpaired) electrons. The van der Waals surface area contributed by atoms with E-state index in [2.05, 4.69) is 32.1 Å². The molecule has 0 aliphatic heterocycles. The van der Waals surface area contributed by atoms with E-state index in [1.807, 2.05) is 12.1 Å². The Morgan fingerprint density at radius 1 is 1.11 bits per heavy atom. The van der Waals surface area contributed by atoms with E-state index in [0.717, 1.165) is 14.5 Å². The molecule has 2 aromatic heterocycles. The van der Waals surface area contributed by atoms with Crippen LogP contribution in [0.3, 0.4) is 0 Å². The highest BCUT2D eigenvalue weighted by atomic mass is 79.9. The molecule has 216 valence electrons. The van der Waals surface area contributed by atoms with Crippen molar-refractivity contribution in [2.75, 3.05) is 7.11 Å². The van der Waals surface area contributed by atoms with Gasteiger partial charge in [-0.15, -0.1) is 0 Å². The number of aromatic nitrogens is 2. The Labute approximate surface area is 257 Å². The van der Waals surface area contributed by atoms with Gasteiger partial charge in [0.15, 0.2) is 11.5 Å². The van der Waals surface area contributed by atoms with Crippen molar-refractivity contribution in [3.8, 4) is 29.2 Å². The third-order valence-electron chi connectivity index (χ3n) is 6.76. The van der Waals surface area contributed by atoms with E-state index in [4.69, 9.17) is 13.9 Å². The highest BCUT2D eigenvalue weighted by Gasteiger charge is 2.23. The van der Waals surface area contributed by atoms with Crippen molar-refractivity contribution in [3.05, 3.63) is 127 Å². The lowest BCUT2D eigenvalue weighted by atomic mass is 10.1. The fourth-order valence-electron chi connectivity index (χ4n) is 4.66. The molecule has 4 aromatic carbocycles. The standard InChI is InChI=1S/C32H20BrN5O6/c1-42-28-13-19(12-26(38(40)41)30(28)43-18-21-7-3-2-6-20(21)16-34)17-35-37-31(36-25-9-5-4-8-24(25)32(37)39)29-15-22-14-23(33)10-11-27(22)44-29/h2-15,17H,18H2,1H3. The highest BCUT2D eigenvalue weighted by molar-refractivity contribution is 9.10. The molecular formula is C32H20BrN5O6. The summed E-state index contributed by atoms with van der Waals surface area (Å²) in [5.74, 6) is 0.418. The predicted molar refractivity (Wildman–Crippen MR) is 167 cm³/mol. The summed E-state index contributed by atoms with van der Waals surface area (Å²) < 4.78 is 19.2. The van der Waals surface area contributed by atoms with Gasteiger partial charge in [-0.1, -0.05) is 46.3 Å². The minimum atomic E-state index is -0.604. The van der Waals surface area contributed by atoms with Crippen LogP contribution in [0.1, 0.15) is 16.7 Å². The lowest BCUT2D eigenvalue weighted by molar-refractivity contribution is -0.386. The number of ether oxygens (including phenoxy) is 2.